The zero-order chi connectivity index (χ0) is 55.0. The highest BCUT2D eigenvalue weighted by molar-refractivity contribution is 7.45. The molecule has 2 amide bonds. The van der Waals surface area contributed by atoms with Crippen LogP contribution in [0.5, 0.6) is 0 Å². The Morgan fingerprint density at radius 1 is 0.707 bits per heavy atom. The standard InChI is InChI=1S/C54H95F2N4O14P/c1-3-5-7-9-11-13-15-17-19-21-23-25-27-29-31-33-49(64)70-42-44(73-50(65)34-32-30-28-26-24-22-20-18-16-14-12-10-8-6-4-2)43-72-75(68,69)71-40-38-57-47(62)35-36-48(63)58-46-37-39-60(53(67)59-46)52-54(55,56)51(66)45(41-61)74-52/h37,39,44-45,51-52,61,66H,3-36,38,40-43H2,1-2H3,(H,57,62)(H,68,69)(H,58,59,63,67)/p-1/t44-,45-,51+,52-/m1/s1. The molecule has 0 radical (unpaired) electrons. The van der Waals surface area contributed by atoms with Gasteiger partial charge in [-0.05, 0) is 18.9 Å². The lowest BCUT2D eigenvalue weighted by Gasteiger charge is -2.25. The highest BCUT2D eigenvalue weighted by Gasteiger charge is 2.59. The molecule has 0 saturated carbocycles. The largest absolute Gasteiger partial charge is 0.756 e. The predicted molar refractivity (Wildman–Crippen MR) is 281 cm³/mol. The van der Waals surface area contributed by atoms with Gasteiger partial charge in [-0.15, -0.1) is 0 Å². The van der Waals surface area contributed by atoms with Crippen molar-refractivity contribution < 1.29 is 70.9 Å². The quantitative estimate of drug-likeness (QED) is 0.0269. The number of esters is 2. The number of carbonyl (C=O) groups excluding carboxylic acids is 4. The number of aromatic nitrogens is 2. The third kappa shape index (κ3) is 32.2. The molecule has 1 unspecified atom stereocenters. The summed E-state index contributed by atoms with van der Waals surface area (Å²) in [6.45, 7) is 1.63. The van der Waals surface area contributed by atoms with Crippen LogP contribution in [-0.2, 0) is 47.0 Å². The second kappa shape index (κ2) is 41.7. The molecule has 434 valence electrons. The molecular weight excluding hydrogens is 998 g/mol. The third-order valence-electron chi connectivity index (χ3n) is 13.3. The van der Waals surface area contributed by atoms with Gasteiger partial charge in [0, 0.05) is 38.4 Å². The van der Waals surface area contributed by atoms with Gasteiger partial charge in [-0.1, -0.05) is 194 Å². The number of halogens is 2. The normalized spacial score (nSPS) is 17.3. The van der Waals surface area contributed by atoms with Crippen LogP contribution in [-0.4, -0.2) is 101 Å². The molecular formula is C54H94F2N4O14P-. The maximum absolute atomic E-state index is 14.5. The Morgan fingerprint density at radius 2 is 1.16 bits per heavy atom. The van der Waals surface area contributed by atoms with E-state index < -0.39 is 101 Å². The molecule has 1 aromatic rings. The first-order valence-electron chi connectivity index (χ1n) is 28.6. The van der Waals surface area contributed by atoms with E-state index in [9.17, 15) is 52.4 Å². The predicted octanol–water partition coefficient (Wildman–Crippen LogP) is 10.4. The SMILES string of the molecule is CCCCCCCCCCCCCCCCCC(=O)OC[C@H](COP(=O)([O-])OCCNC(=O)CCC(=O)Nc1ccn([C@@H]2O[C@H](CO)[C@H](O)C2(F)F)c(=O)n1)OC(=O)CCCCCCCCCCCCCCCCC. The van der Waals surface area contributed by atoms with E-state index in [0.29, 0.717) is 17.4 Å². The molecule has 1 aliphatic rings. The fraction of sp³-hybridized carbons (Fsp3) is 0.852. The zero-order valence-electron chi connectivity index (χ0n) is 45.4. The lowest BCUT2D eigenvalue weighted by Crippen LogP contribution is -2.41. The number of rotatable bonds is 48. The van der Waals surface area contributed by atoms with Crippen LogP contribution in [0.1, 0.15) is 238 Å². The van der Waals surface area contributed by atoms with E-state index in [1.807, 2.05) is 0 Å². The summed E-state index contributed by atoms with van der Waals surface area (Å²) in [6, 6.07) is 1.03. The van der Waals surface area contributed by atoms with Crippen molar-refractivity contribution in [3.05, 3.63) is 22.7 Å². The van der Waals surface area contributed by atoms with Gasteiger partial charge in [0.25, 0.3) is 7.82 Å². The highest BCUT2D eigenvalue weighted by atomic mass is 31.2. The number of unbranched alkanes of at least 4 members (excludes halogenated alkanes) is 28. The molecule has 75 heavy (non-hydrogen) atoms. The summed E-state index contributed by atoms with van der Waals surface area (Å²) in [6.07, 6.45) is 28.4. The zero-order valence-corrected chi connectivity index (χ0v) is 46.3. The van der Waals surface area contributed by atoms with Crippen LogP contribution < -0.4 is 21.2 Å². The van der Waals surface area contributed by atoms with Crippen molar-refractivity contribution in [3.8, 4) is 0 Å². The second-order valence-electron chi connectivity index (χ2n) is 20.0. The van der Waals surface area contributed by atoms with Crippen LogP contribution >= 0.6 is 7.82 Å². The monoisotopic (exact) mass is 1090 g/mol. The van der Waals surface area contributed by atoms with Gasteiger partial charge in [-0.2, -0.15) is 13.8 Å². The van der Waals surface area contributed by atoms with E-state index in [4.69, 9.17) is 23.3 Å². The molecule has 1 aliphatic heterocycles. The van der Waals surface area contributed by atoms with Crippen LogP contribution in [0.25, 0.3) is 0 Å². The molecule has 18 nitrogen and oxygen atoms in total. The lowest BCUT2D eigenvalue weighted by molar-refractivity contribution is -0.228. The molecule has 0 aromatic carbocycles. The number of anilines is 1. The number of aliphatic hydroxyl groups is 2. The van der Waals surface area contributed by atoms with Crippen LogP contribution in [0.2, 0.25) is 0 Å². The summed E-state index contributed by atoms with van der Waals surface area (Å²) in [5, 5.41) is 23.6. The maximum atomic E-state index is 14.5. The van der Waals surface area contributed by atoms with Crippen molar-refractivity contribution in [1.29, 1.82) is 0 Å². The van der Waals surface area contributed by atoms with Gasteiger partial charge in [0.15, 0.2) is 12.2 Å². The van der Waals surface area contributed by atoms with Crippen LogP contribution in [0.4, 0.5) is 14.6 Å². The summed E-state index contributed by atoms with van der Waals surface area (Å²) < 4.78 is 67.7. The minimum absolute atomic E-state index is 0.110. The van der Waals surface area contributed by atoms with Crippen molar-refractivity contribution in [2.75, 3.05) is 38.3 Å². The summed E-state index contributed by atoms with van der Waals surface area (Å²) >= 11 is 0. The van der Waals surface area contributed by atoms with E-state index in [0.717, 1.165) is 57.2 Å². The number of nitrogens with zero attached hydrogens (tertiary/aromatic N) is 2. The van der Waals surface area contributed by atoms with Crippen molar-refractivity contribution in [2.45, 2.75) is 263 Å². The maximum Gasteiger partial charge on any atom is 0.351 e. The van der Waals surface area contributed by atoms with Crippen molar-refractivity contribution in [3.63, 3.8) is 0 Å². The lowest BCUT2D eigenvalue weighted by atomic mass is 10.0. The fourth-order valence-corrected chi connectivity index (χ4v) is 9.50. The van der Waals surface area contributed by atoms with Gasteiger partial charge >= 0.3 is 23.6 Å². The Kier molecular flexibility index (Phi) is 37.6. The summed E-state index contributed by atoms with van der Waals surface area (Å²) in [5.41, 5.74) is -1.24. The summed E-state index contributed by atoms with van der Waals surface area (Å²) in [5.74, 6) is -6.72. The molecule has 2 heterocycles. The molecule has 21 heteroatoms. The first-order chi connectivity index (χ1) is 36.1. The molecule has 1 fully saturated rings. The first kappa shape index (κ1) is 67.7. The van der Waals surface area contributed by atoms with Crippen LogP contribution in [0.3, 0.4) is 0 Å². The van der Waals surface area contributed by atoms with Gasteiger partial charge in [-0.3, -0.25) is 28.3 Å². The topological polar surface area (TPSA) is 254 Å². The van der Waals surface area contributed by atoms with E-state index in [1.165, 1.54) is 135 Å². The number of carbonyl (C=O) groups is 4. The minimum atomic E-state index is -5.00. The number of hydrogen-bond acceptors (Lipinski definition) is 15. The van der Waals surface area contributed by atoms with E-state index in [2.05, 4.69) is 29.5 Å². The summed E-state index contributed by atoms with van der Waals surface area (Å²) in [4.78, 5) is 78.9. The average Bonchev–Trinajstić information content (AvgIpc) is 3.61. The smallest absolute Gasteiger partial charge is 0.351 e. The Balaban J connectivity index is 1.72. The van der Waals surface area contributed by atoms with Gasteiger partial charge in [0.1, 0.15) is 18.5 Å². The number of nitrogens with one attached hydrogen (secondary N) is 2. The Morgan fingerprint density at radius 3 is 1.61 bits per heavy atom. The molecule has 0 spiro atoms. The number of alkyl halides is 2. The van der Waals surface area contributed by atoms with E-state index in [-0.39, 0.29) is 31.6 Å². The number of aliphatic hydroxyl groups excluding tert-OH is 2. The number of ether oxygens (including phenoxy) is 3. The van der Waals surface area contributed by atoms with Gasteiger partial charge in [0.05, 0.1) is 19.8 Å². The van der Waals surface area contributed by atoms with Crippen molar-refractivity contribution in [2.24, 2.45) is 0 Å². The van der Waals surface area contributed by atoms with Gasteiger partial charge < -0.3 is 49.0 Å². The van der Waals surface area contributed by atoms with Gasteiger partial charge in [-0.25, -0.2) is 4.79 Å². The Bertz CT molecular complexity index is 1810. The molecule has 2 rings (SSSR count). The minimum Gasteiger partial charge on any atom is -0.756 e. The third-order valence-corrected chi connectivity index (χ3v) is 14.2. The number of hydrogen-bond donors (Lipinski definition) is 4. The fourth-order valence-electron chi connectivity index (χ4n) is 8.76. The Hall–Kier alpha value is -3.39. The van der Waals surface area contributed by atoms with Crippen LogP contribution in [0.15, 0.2) is 17.1 Å². The molecule has 0 aliphatic carbocycles. The average molecular weight is 1090 g/mol. The summed E-state index contributed by atoms with van der Waals surface area (Å²) in [7, 11) is -5.00. The molecule has 0 bridgehead atoms. The Labute approximate surface area is 445 Å². The number of phosphoric ester groups is 1. The van der Waals surface area contributed by atoms with Gasteiger partial charge in [0.2, 0.25) is 18.0 Å². The molecule has 5 atom stereocenters. The molecule has 4 N–H and O–H groups in total. The number of amides is 2. The second-order valence-corrected chi connectivity index (χ2v) is 21.4. The van der Waals surface area contributed by atoms with Crippen molar-refractivity contribution in [1.82, 2.24) is 14.9 Å². The molecule has 1 aromatic heterocycles. The number of phosphoric acid groups is 1. The van der Waals surface area contributed by atoms with Crippen LogP contribution in [0, 0.1) is 0 Å². The van der Waals surface area contributed by atoms with E-state index in [1.54, 1.807) is 0 Å². The highest BCUT2D eigenvalue weighted by Crippen LogP contribution is 2.42. The molecule has 1 saturated heterocycles. The van der Waals surface area contributed by atoms with Crippen molar-refractivity contribution >= 4 is 37.4 Å². The van der Waals surface area contributed by atoms with E-state index >= 15 is 0 Å². The first-order valence-corrected chi connectivity index (χ1v) is 30.0.